The van der Waals surface area contributed by atoms with E-state index in [-0.39, 0.29) is 10.8 Å². The van der Waals surface area contributed by atoms with Crippen LogP contribution >= 0.6 is 0 Å². The Balaban J connectivity index is 3.28. The normalized spacial score (nSPS) is 14.2. The summed E-state index contributed by atoms with van der Waals surface area (Å²) in [5.74, 6) is 0. The predicted molar refractivity (Wildman–Crippen MR) is 105 cm³/mol. The predicted octanol–water partition coefficient (Wildman–Crippen LogP) is 7.30. The first kappa shape index (κ1) is 20.3. The molecule has 0 spiro atoms. The number of hydrogen-bond donors (Lipinski definition) is 0. The minimum absolute atomic E-state index is 0.142. The average molecular weight is 316 g/mol. The van der Waals surface area contributed by atoms with E-state index < -0.39 is 0 Å². The summed E-state index contributed by atoms with van der Waals surface area (Å²) in [6.45, 7) is 27.7. The monoisotopic (exact) mass is 315 g/mol. The van der Waals surface area contributed by atoms with E-state index in [0.29, 0.717) is 10.8 Å². The molecule has 0 saturated heterocycles. The lowest BCUT2D eigenvalue weighted by Gasteiger charge is -2.37. The van der Waals surface area contributed by atoms with Crippen LogP contribution in [0.5, 0.6) is 0 Å². The molecule has 0 aliphatic carbocycles. The van der Waals surface area contributed by atoms with Gasteiger partial charge in [0.25, 0.3) is 0 Å². The Morgan fingerprint density at radius 3 is 1.57 bits per heavy atom. The highest BCUT2D eigenvalue weighted by Crippen LogP contribution is 2.41. The van der Waals surface area contributed by atoms with Crippen LogP contribution in [0.2, 0.25) is 0 Å². The molecule has 0 heterocycles. The number of hydrogen-bond acceptors (Lipinski definition) is 0. The first-order chi connectivity index (χ1) is 10.0. The Labute approximate surface area is 146 Å². The van der Waals surface area contributed by atoms with Gasteiger partial charge in [0.1, 0.15) is 0 Å². The molecule has 0 amide bonds. The average Bonchev–Trinajstić information content (AvgIpc) is 2.21. The fourth-order valence-corrected chi connectivity index (χ4v) is 4.48. The Hall–Kier alpha value is -0.780. The molecule has 23 heavy (non-hydrogen) atoms. The molecule has 0 aliphatic heterocycles. The van der Waals surface area contributed by atoms with Crippen LogP contribution in [0.1, 0.15) is 98.8 Å². The summed E-state index contributed by atoms with van der Waals surface area (Å²) < 4.78 is 0. The lowest BCUT2D eigenvalue weighted by atomic mass is 9.68. The lowest BCUT2D eigenvalue weighted by Crippen LogP contribution is -2.28. The molecule has 1 radical (unpaired) electrons. The molecule has 0 aromatic heterocycles. The van der Waals surface area contributed by atoms with Gasteiger partial charge in [0.05, 0.1) is 0 Å². The zero-order valence-corrected chi connectivity index (χ0v) is 17.4. The van der Waals surface area contributed by atoms with Crippen LogP contribution in [0.4, 0.5) is 0 Å². The van der Waals surface area contributed by atoms with Crippen LogP contribution < -0.4 is 0 Å². The van der Waals surface area contributed by atoms with Gasteiger partial charge in [-0.25, -0.2) is 0 Å². The van der Waals surface area contributed by atoms with Gasteiger partial charge < -0.3 is 0 Å². The summed E-state index contributed by atoms with van der Waals surface area (Å²) in [5, 5.41) is 0. The summed E-state index contributed by atoms with van der Waals surface area (Å²) in [6, 6.07) is 6.93. The SMILES string of the molecule is [CH2]c1ccc(C(C)(C)CC(C)(C)C)cc1C(C)(C)CC(C)(C)C. The molecular weight excluding hydrogens is 276 g/mol. The summed E-state index contributed by atoms with van der Waals surface area (Å²) in [6.07, 6.45) is 2.33. The van der Waals surface area contributed by atoms with Crippen molar-refractivity contribution in [3.05, 3.63) is 41.8 Å². The Morgan fingerprint density at radius 1 is 0.696 bits per heavy atom. The minimum atomic E-state index is 0.142. The zero-order chi connectivity index (χ0) is 18.3. The van der Waals surface area contributed by atoms with E-state index in [2.05, 4.69) is 94.4 Å². The molecule has 0 fully saturated rings. The standard InChI is InChI=1S/C23H39/c1-17-12-13-18(22(8,9)15-20(2,3)4)14-19(17)23(10,11)16-21(5,6)7/h12-14H,1,15-16H2,2-11H3. The third-order valence-corrected chi connectivity index (χ3v) is 4.57. The topological polar surface area (TPSA) is 0 Å². The van der Waals surface area contributed by atoms with Crippen LogP contribution in [0, 0.1) is 17.8 Å². The van der Waals surface area contributed by atoms with Crippen molar-refractivity contribution in [2.45, 2.75) is 92.9 Å². The molecule has 1 rings (SSSR count). The number of benzene rings is 1. The first-order valence-corrected chi connectivity index (χ1v) is 9.01. The van der Waals surface area contributed by atoms with Crippen molar-refractivity contribution >= 4 is 0 Å². The minimum Gasteiger partial charge on any atom is -0.0601 e. The highest BCUT2D eigenvalue weighted by atomic mass is 14.4. The second kappa shape index (κ2) is 6.26. The van der Waals surface area contributed by atoms with Crippen molar-refractivity contribution in [1.82, 2.24) is 0 Å². The third kappa shape index (κ3) is 5.98. The van der Waals surface area contributed by atoms with Gasteiger partial charge >= 0.3 is 0 Å². The third-order valence-electron chi connectivity index (χ3n) is 4.57. The van der Waals surface area contributed by atoms with E-state index >= 15 is 0 Å². The van der Waals surface area contributed by atoms with Crippen molar-refractivity contribution in [2.24, 2.45) is 10.8 Å². The Kier molecular flexibility index (Phi) is 5.52. The van der Waals surface area contributed by atoms with Crippen LogP contribution in [-0.2, 0) is 10.8 Å². The van der Waals surface area contributed by atoms with Crippen LogP contribution in [0.15, 0.2) is 18.2 Å². The van der Waals surface area contributed by atoms with E-state index in [1.807, 2.05) is 0 Å². The highest BCUT2D eigenvalue weighted by Gasteiger charge is 2.32. The van der Waals surface area contributed by atoms with E-state index in [0.717, 1.165) is 6.42 Å². The smallest absolute Gasteiger partial charge is 0.00958 e. The summed E-state index contributed by atoms with van der Waals surface area (Å²) in [5.41, 5.74) is 4.99. The van der Waals surface area contributed by atoms with E-state index in [1.54, 1.807) is 0 Å². The molecule has 0 saturated carbocycles. The maximum atomic E-state index is 4.31. The molecule has 0 heteroatoms. The maximum Gasteiger partial charge on any atom is -0.00958 e. The van der Waals surface area contributed by atoms with Gasteiger partial charge in [-0.05, 0) is 58.1 Å². The second-order valence-electron chi connectivity index (χ2n) is 11.1. The van der Waals surface area contributed by atoms with Gasteiger partial charge in [-0.15, -0.1) is 0 Å². The van der Waals surface area contributed by atoms with E-state index in [9.17, 15) is 0 Å². The van der Waals surface area contributed by atoms with Crippen molar-refractivity contribution in [3.63, 3.8) is 0 Å². The van der Waals surface area contributed by atoms with Crippen LogP contribution in [0.3, 0.4) is 0 Å². The molecular formula is C23H39. The molecule has 1 aromatic carbocycles. The van der Waals surface area contributed by atoms with Gasteiger partial charge in [0.15, 0.2) is 0 Å². The number of rotatable bonds is 4. The molecule has 0 atom stereocenters. The zero-order valence-electron chi connectivity index (χ0n) is 17.4. The fourth-order valence-electron chi connectivity index (χ4n) is 4.48. The van der Waals surface area contributed by atoms with Gasteiger partial charge in [-0.2, -0.15) is 0 Å². The van der Waals surface area contributed by atoms with E-state index in [4.69, 9.17) is 0 Å². The van der Waals surface area contributed by atoms with Crippen LogP contribution in [-0.4, -0.2) is 0 Å². The molecule has 0 aliphatic rings. The van der Waals surface area contributed by atoms with Gasteiger partial charge in [-0.1, -0.05) is 87.4 Å². The molecule has 131 valence electrons. The van der Waals surface area contributed by atoms with Crippen LogP contribution in [0.25, 0.3) is 0 Å². The Bertz CT molecular complexity index is 530. The van der Waals surface area contributed by atoms with Gasteiger partial charge in [0.2, 0.25) is 0 Å². The molecule has 0 N–H and O–H groups in total. The van der Waals surface area contributed by atoms with Crippen molar-refractivity contribution in [1.29, 1.82) is 0 Å². The van der Waals surface area contributed by atoms with Gasteiger partial charge in [-0.3, -0.25) is 0 Å². The maximum absolute atomic E-state index is 4.31. The molecule has 0 unspecified atom stereocenters. The summed E-state index contributed by atoms with van der Waals surface area (Å²) >= 11 is 0. The lowest BCUT2D eigenvalue weighted by molar-refractivity contribution is 0.278. The summed E-state index contributed by atoms with van der Waals surface area (Å²) in [7, 11) is 0. The second-order valence-corrected chi connectivity index (χ2v) is 11.1. The highest BCUT2D eigenvalue weighted by molar-refractivity contribution is 5.41. The molecule has 0 bridgehead atoms. The quantitative estimate of drug-likeness (QED) is 0.547. The summed E-state index contributed by atoms with van der Waals surface area (Å²) in [4.78, 5) is 0. The van der Waals surface area contributed by atoms with Gasteiger partial charge in [0, 0.05) is 0 Å². The molecule has 0 nitrogen and oxygen atoms in total. The van der Waals surface area contributed by atoms with E-state index in [1.165, 1.54) is 23.1 Å². The fraction of sp³-hybridized carbons (Fsp3) is 0.696. The molecule has 1 aromatic rings. The Morgan fingerprint density at radius 2 is 1.13 bits per heavy atom. The largest absolute Gasteiger partial charge is 0.0601 e. The van der Waals surface area contributed by atoms with Crippen molar-refractivity contribution < 1.29 is 0 Å². The van der Waals surface area contributed by atoms with Crippen molar-refractivity contribution in [3.8, 4) is 0 Å². The first-order valence-electron chi connectivity index (χ1n) is 9.01. The van der Waals surface area contributed by atoms with Crippen molar-refractivity contribution in [2.75, 3.05) is 0 Å².